The first-order valence-electron chi connectivity index (χ1n) is 5.01. The zero-order chi connectivity index (χ0) is 9.80. The first-order valence-corrected chi connectivity index (χ1v) is 5.01. The summed E-state index contributed by atoms with van der Waals surface area (Å²) in [6.45, 7) is 3.58. The number of rotatable bonds is 3. The van der Waals surface area contributed by atoms with Gasteiger partial charge >= 0.3 is 0 Å². The lowest BCUT2D eigenvalue weighted by Gasteiger charge is -2.25. The van der Waals surface area contributed by atoms with Gasteiger partial charge in [0.15, 0.2) is 0 Å². The van der Waals surface area contributed by atoms with Gasteiger partial charge in [-0.05, 0) is 18.9 Å². The van der Waals surface area contributed by atoms with Crippen molar-refractivity contribution in [2.45, 2.75) is 19.4 Å². The molecule has 1 aliphatic rings. The lowest BCUT2D eigenvalue weighted by molar-refractivity contribution is -0.181. The van der Waals surface area contributed by atoms with E-state index in [1.54, 1.807) is 6.07 Å². The maximum atomic E-state index is 5.51. The van der Waals surface area contributed by atoms with Gasteiger partial charge in [0.05, 0.1) is 13.2 Å². The van der Waals surface area contributed by atoms with Crippen LogP contribution in [-0.4, -0.2) is 34.5 Å². The highest BCUT2D eigenvalue weighted by Gasteiger charge is 2.10. The molecule has 5 heteroatoms. The van der Waals surface area contributed by atoms with Crippen LogP contribution in [0.4, 0.5) is 5.82 Å². The average molecular weight is 196 g/mol. The van der Waals surface area contributed by atoms with E-state index >= 15 is 0 Å². The molecule has 78 valence electrons. The van der Waals surface area contributed by atoms with Gasteiger partial charge in [-0.1, -0.05) is 0 Å². The van der Waals surface area contributed by atoms with E-state index in [4.69, 9.17) is 10.6 Å². The summed E-state index contributed by atoms with van der Waals surface area (Å²) >= 11 is 0. The van der Waals surface area contributed by atoms with E-state index < -0.39 is 0 Å². The fourth-order valence-electron chi connectivity index (χ4n) is 1.54. The van der Waals surface area contributed by atoms with E-state index in [1.807, 2.05) is 15.9 Å². The van der Waals surface area contributed by atoms with Crippen LogP contribution in [0.2, 0.25) is 0 Å². The molecule has 0 bridgehead atoms. The summed E-state index contributed by atoms with van der Waals surface area (Å²) in [6.07, 6.45) is 4.28. The molecular formula is C9H16N4O. The Balaban J connectivity index is 1.76. The molecule has 1 fully saturated rings. The minimum atomic E-state index is 0.574. The Morgan fingerprint density at radius 3 is 3.00 bits per heavy atom. The van der Waals surface area contributed by atoms with E-state index in [9.17, 15) is 0 Å². The van der Waals surface area contributed by atoms with Crippen molar-refractivity contribution < 1.29 is 4.84 Å². The molecular weight excluding hydrogens is 180 g/mol. The van der Waals surface area contributed by atoms with Crippen LogP contribution >= 0.6 is 0 Å². The standard InChI is InChI=1S/C9H16N4O/c10-9-3-5-12(11-9)6-7-13-4-1-2-8-14-13/h3,5H,1-2,4,6-8H2,(H2,10,11). The van der Waals surface area contributed by atoms with Gasteiger partial charge in [0.1, 0.15) is 5.82 Å². The number of hydrogen-bond acceptors (Lipinski definition) is 4. The van der Waals surface area contributed by atoms with Gasteiger partial charge in [0, 0.05) is 19.3 Å². The summed E-state index contributed by atoms with van der Waals surface area (Å²) in [5, 5.41) is 6.11. The van der Waals surface area contributed by atoms with Crippen LogP contribution in [0.25, 0.3) is 0 Å². The minimum absolute atomic E-state index is 0.574. The van der Waals surface area contributed by atoms with E-state index in [2.05, 4.69) is 5.10 Å². The van der Waals surface area contributed by atoms with Gasteiger partial charge in [-0.15, -0.1) is 0 Å². The molecule has 1 aliphatic heterocycles. The van der Waals surface area contributed by atoms with E-state index in [0.29, 0.717) is 5.82 Å². The highest BCUT2D eigenvalue weighted by molar-refractivity contribution is 5.23. The molecule has 0 spiro atoms. The summed E-state index contributed by atoms with van der Waals surface area (Å²) in [6, 6.07) is 1.80. The van der Waals surface area contributed by atoms with Gasteiger partial charge in [0.25, 0.3) is 0 Å². The Labute approximate surface area is 83.4 Å². The van der Waals surface area contributed by atoms with Crippen LogP contribution in [0.5, 0.6) is 0 Å². The van der Waals surface area contributed by atoms with E-state index in [1.165, 1.54) is 12.8 Å². The number of nitrogens with zero attached hydrogens (tertiary/aromatic N) is 3. The van der Waals surface area contributed by atoms with Crippen LogP contribution in [0.3, 0.4) is 0 Å². The van der Waals surface area contributed by atoms with Gasteiger partial charge < -0.3 is 5.73 Å². The second-order valence-electron chi connectivity index (χ2n) is 3.47. The Morgan fingerprint density at radius 1 is 1.43 bits per heavy atom. The van der Waals surface area contributed by atoms with Gasteiger partial charge in [-0.2, -0.15) is 10.2 Å². The summed E-state index contributed by atoms with van der Waals surface area (Å²) in [5.41, 5.74) is 5.51. The number of nitrogen functional groups attached to an aromatic ring is 1. The van der Waals surface area contributed by atoms with Crippen molar-refractivity contribution in [1.29, 1.82) is 0 Å². The SMILES string of the molecule is Nc1ccn(CCN2CCCCO2)n1. The monoisotopic (exact) mass is 196 g/mol. The molecule has 0 aromatic carbocycles. The van der Waals surface area contributed by atoms with E-state index in [-0.39, 0.29) is 0 Å². The second-order valence-corrected chi connectivity index (χ2v) is 3.47. The summed E-state index contributed by atoms with van der Waals surface area (Å²) in [4.78, 5) is 5.47. The quantitative estimate of drug-likeness (QED) is 0.764. The highest BCUT2D eigenvalue weighted by atomic mass is 16.7. The Bertz CT molecular complexity index is 280. The predicted octanol–water partition coefficient (Wildman–Crippen LogP) is 0.493. The predicted molar refractivity (Wildman–Crippen MR) is 53.4 cm³/mol. The number of nitrogens with two attached hydrogens (primary N) is 1. The van der Waals surface area contributed by atoms with Crippen molar-refractivity contribution in [2.24, 2.45) is 0 Å². The molecule has 5 nitrogen and oxygen atoms in total. The fourth-order valence-corrected chi connectivity index (χ4v) is 1.54. The van der Waals surface area contributed by atoms with Crippen LogP contribution in [0.1, 0.15) is 12.8 Å². The largest absolute Gasteiger partial charge is 0.382 e. The smallest absolute Gasteiger partial charge is 0.145 e. The maximum Gasteiger partial charge on any atom is 0.145 e. The minimum Gasteiger partial charge on any atom is -0.382 e. The summed E-state index contributed by atoms with van der Waals surface area (Å²) < 4.78 is 1.84. The highest BCUT2D eigenvalue weighted by Crippen LogP contribution is 2.05. The van der Waals surface area contributed by atoms with Crippen molar-refractivity contribution >= 4 is 5.82 Å². The number of aromatic nitrogens is 2. The Hall–Kier alpha value is -1.07. The number of hydroxylamine groups is 2. The number of anilines is 1. The van der Waals surface area contributed by atoms with Crippen molar-refractivity contribution in [3.63, 3.8) is 0 Å². The third-order valence-corrected chi connectivity index (χ3v) is 2.32. The Morgan fingerprint density at radius 2 is 2.36 bits per heavy atom. The van der Waals surface area contributed by atoms with Crippen molar-refractivity contribution in [3.05, 3.63) is 12.3 Å². The first-order chi connectivity index (χ1) is 6.84. The Kier molecular flexibility index (Phi) is 3.00. The van der Waals surface area contributed by atoms with Crippen molar-refractivity contribution in [1.82, 2.24) is 14.8 Å². The number of hydrogen-bond donors (Lipinski definition) is 1. The normalized spacial score (nSPS) is 18.6. The maximum absolute atomic E-state index is 5.51. The molecule has 1 saturated heterocycles. The lowest BCUT2D eigenvalue weighted by Crippen LogP contribution is -2.32. The van der Waals surface area contributed by atoms with Crippen molar-refractivity contribution in [3.8, 4) is 0 Å². The third kappa shape index (κ3) is 2.46. The molecule has 2 N–H and O–H groups in total. The summed E-state index contributed by atoms with van der Waals surface area (Å²) in [7, 11) is 0. The van der Waals surface area contributed by atoms with Crippen LogP contribution in [0.15, 0.2) is 12.3 Å². The second kappa shape index (κ2) is 4.43. The fraction of sp³-hybridized carbons (Fsp3) is 0.667. The van der Waals surface area contributed by atoms with Gasteiger partial charge in [-0.3, -0.25) is 9.52 Å². The van der Waals surface area contributed by atoms with Gasteiger partial charge in [0.2, 0.25) is 0 Å². The molecule has 0 unspecified atom stereocenters. The van der Waals surface area contributed by atoms with Crippen LogP contribution < -0.4 is 5.73 Å². The molecule has 1 aromatic heterocycles. The molecule has 0 amide bonds. The lowest BCUT2D eigenvalue weighted by atomic mass is 10.3. The zero-order valence-corrected chi connectivity index (χ0v) is 8.22. The molecule has 1 aromatic rings. The summed E-state index contributed by atoms with van der Waals surface area (Å²) in [5.74, 6) is 0.574. The molecule has 2 heterocycles. The average Bonchev–Trinajstić information content (AvgIpc) is 2.63. The van der Waals surface area contributed by atoms with Crippen LogP contribution in [-0.2, 0) is 11.4 Å². The molecule has 0 saturated carbocycles. The van der Waals surface area contributed by atoms with Crippen molar-refractivity contribution in [2.75, 3.05) is 25.4 Å². The molecule has 0 atom stereocenters. The molecule has 2 rings (SSSR count). The third-order valence-electron chi connectivity index (χ3n) is 2.32. The molecule has 0 radical (unpaired) electrons. The van der Waals surface area contributed by atoms with E-state index in [0.717, 1.165) is 26.2 Å². The topological polar surface area (TPSA) is 56.3 Å². The first kappa shape index (κ1) is 9.48. The van der Waals surface area contributed by atoms with Crippen LogP contribution in [0, 0.1) is 0 Å². The molecule has 0 aliphatic carbocycles. The van der Waals surface area contributed by atoms with Gasteiger partial charge in [-0.25, -0.2) is 0 Å². The zero-order valence-electron chi connectivity index (χ0n) is 8.22. The molecule has 14 heavy (non-hydrogen) atoms.